The molecule has 2 aromatic carbocycles. The molecule has 1 aliphatic carbocycles. The number of aliphatic carboxylic acids is 1. The summed E-state index contributed by atoms with van der Waals surface area (Å²) in [5.41, 5.74) is 2.50. The fraction of sp³-hybridized carbons (Fsp3) is 0.500. The molecule has 11 heteroatoms. The highest BCUT2D eigenvalue weighted by Gasteiger charge is 2.49. The number of carboxylic acids is 1. The lowest BCUT2D eigenvalue weighted by atomic mass is 9.98. The van der Waals surface area contributed by atoms with Crippen LogP contribution in [-0.4, -0.2) is 77.2 Å². The van der Waals surface area contributed by atoms with E-state index in [1.807, 2.05) is 48.5 Å². The van der Waals surface area contributed by atoms with E-state index in [1.54, 1.807) is 34.6 Å². The van der Waals surface area contributed by atoms with Gasteiger partial charge in [-0.25, -0.2) is 14.4 Å². The number of amides is 3. The Labute approximate surface area is 251 Å². The van der Waals surface area contributed by atoms with Crippen LogP contribution in [-0.2, 0) is 23.8 Å². The Kier molecular flexibility index (Phi) is 9.64. The molecule has 3 N–H and O–H groups in total. The van der Waals surface area contributed by atoms with Gasteiger partial charge in [0.15, 0.2) is 6.04 Å². The number of ether oxygens (including phenoxy) is 3. The van der Waals surface area contributed by atoms with Gasteiger partial charge < -0.3 is 30.0 Å². The Bertz CT molecular complexity index is 1310. The molecule has 2 aromatic rings. The molecule has 0 unspecified atom stereocenters. The fourth-order valence-corrected chi connectivity index (χ4v) is 5.59. The van der Waals surface area contributed by atoms with Crippen molar-refractivity contribution >= 4 is 24.1 Å². The topological polar surface area (TPSA) is 144 Å². The predicted octanol–water partition coefficient (Wildman–Crippen LogP) is 4.64. The molecule has 2 aliphatic rings. The third-order valence-corrected chi connectivity index (χ3v) is 7.53. The van der Waals surface area contributed by atoms with Gasteiger partial charge in [-0.2, -0.15) is 0 Å². The maximum Gasteiger partial charge on any atom is 0.407 e. The molecule has 2 atom stereocenters. The summed E-state index contributed by atoms with van der Waals surface area (Å²) in [5, 5.41) is 15.1. The summed E-state index contributed by atoms with van der Waals surface area (Å²) >= 11 is 0. The molecular weight excluding hydrogens is 554 g/mol. The van der Waals surface area contributed by atoms with Gasteiger partial charge in [0, 0.05) is 12.5 Å². The number of rotatable bonds is 10. The van der Waals surface area contributed by atoms with E-state index in [9.17, 15) is 24.3 Å². The van der Waals surface area contributed by atoms with Crippen LogP contribution in [0.1, 0.15) is 70.9 Å². The number of hydrogen-bond acceptors (Lipinski definition) is 7. The second-order valence-electron chi connectivity index (χ2n) is 12.3. The third kappa shape index (κ3) is 7.64. The monoisotopic (exact) mass is 595 g/mol. The van der Waals surface area contributed by atoms with Crippen LogP contribution in [0.2, 0.25) is 0 Å². The molecule has 232 valence electrons. The molecule has 1 fully saturated rings. The number of hydrogen-bond donors (Lipinski definition) is 3. The van der Waals surface area contributed by atoms with Crippen LogP contribution in [0.25, 0.3) is 11.1 Å². The maximum atomic E-state index is 13.8. The largest absolute Gasteiger partial charge is 0.480 e. The number of nitrogens with zero attached hydrogens (tertiary/aromatic N) is 1. The molecule has 1 heterocycles. The Morgan fingerprint density at radius 2 is 1.60 bits per heavy atom. The summed E-state index contributed by atoms with van der Waals surface area (Å²) in [4.78, 5) is 51.9. The van der Waals surface area contributed by atoms with E-state index in [0.717, 1.165) is 22.3 Å². The van der Waals surface area contributed by atoms with Crippen molar-refractivity contribution in [3.8, 4) is 11.1 Å². The summed E-state index contributed by atoms with van der Waals surface area (Å²) in [6, 6.07) is 13.7. The van der Waals surface area contributed by atoms with Crippen molar-refractivity contribution in [1.29, 1.82) is 0 Å². The molecule has 11 nitrogen and oxygen atoms in total. The number of carbonyl (C=O) groups excluding carboxylic acids is 3. The van der Waals surface area contributed by atoms with Gasteiger partial charge in [0.05, 0.1) is 6.61 Å². The van der Waals surface area contributed by atoms with Crippen LogP contribution in [0.3, 0.4) is 0 Å². The molecule has 3 amide bonds. The Balaban J connectivity index is 1.42. The molecule has 0 aromatic heterocycles. The highest BCUT2D eigenvalue weighted by atomic mass is 16.6. The van der Waals surface area contributed by atoms with Crippen LogP contribution >= 0.6 is 0 Å². The van der Waals surface area contributed by atoms with Gasteiger partial charge in [0.1, 0.15) is 24.0 Å². The minimum absolute atomic E-state index is 0.0661. The summed E-state index contributed by atoms with van der Waals surface area (Å²) in [5.74, 6) is -1.93. The summed E-state index contributed by atoms with van der Waals surface area (Å²) in [6.45, 7) is 8.74. The van der Waals surface area contributed by atoms with Crippen molar-refractivity contribution in [3.05, 3.63) is 59.7 Å². The summed E-state index contributed by atoms with van der Waals surface area (Å²) in [6.07, 6.45) is -0.188. The summed E-state index contributed by atoms with van der Waals surface area (Å²) in [7, 11) is 0. The smallest absolute Gasteiger partial charge is 0.407 e. The van der Waals surface area contributed by atoms with E-state index in [-0.39, 0.29) is 25.6 Å². The first kappa shape index (κ1) is 31.8. The van der Waals surface area contributed by atoms with E-state index >= 15 is 0 Å². The lowest BCUT2D eigenvalue weighted by Gasteiger charge is -2.35. The van der Waals surface area contributed by atoms with E-state index in [1.165, 1.54) is 4.90 Å². The average molecular weight is 596 g/mol. The number of nitrogens with one attached hydrogen (secondary N) is 2. The van der Waals surface area contributed by atoms with Crippen molar-refractivity contribution < 1.29 is 38.5 Å². The van der Waals surface area contributed by atoms with Gasteiger partial charge in [-0.15, -0.1) is 0 Å². The second-order valence-corrected chi connectivity index (χ2v) is 12.3. The Morgan fingerprint density at radius 1 is 1.00 bits per heavy atom. The standard InChI is InChI=1S/C32H41N3O8/c1-31(2,3)43-29(39)33-17-11-10-16-25(27(36)35-26(28(37)38)19-42-32(35,4)5)34-30(40)41-18-24-22-14-8-6-12-20(22)21-13-7-9-15-23(21)24/h6-9,12-15,24-26H,10-11,16-19H2,1-5H3,(H,33,39)(H,34,40)(H,37,38)/t25-,26-/m0/s1. The van der Waals surface area contributed by atoms with E-state index in [2.05, 4.69) is 10.6 Å². The van der Waals surface area contributed by atoms with Crippen LogP contribution in [0.15, 0.2) is 48.5 Å². The third-order valence-electron chi connectivity index (χ3n) is 7.53. The Morgan fingerprint density at radius 3 is 2.19 bits per heavy atom. The number of alkyl carbamates (subject to hydrolysis) is 2. The van der Waals surface area contributed by atoms with Crippen molar-refractivity contribution in [3.63, 3.8) is 0 Å². The van der Waals surface area contributed by atoms with Crippen molar-refractivity contribution in [2.45, 2.75) is 83.2 Å². The highest BCUT2D eigenvalue weighted by Crippen LogP contribution is 2.44. The van der Waals surface area contributed by atoms with E-state index in [4.69, 9.17) is 14.2 Å². The zero-order valence-electron chi connectivity index (χ0n) is 25.3. The summed E-state index contributed by atoms with van der Waals surface area (Å²) < 4.78 is 16.5. The first-order chi connectivity index (χ1) is 20.3. The van der Waals surface area contributed by atoms with Crippen molar-refractivity contribution in [2.75, 3.05) is 19.8 Å². The minimum atomic E-state index is -1.19. The molecule has 1 aliphatic heterocycles. The number of benzene rings is 2. The molecule has 0 spiro atoms. The lowest BCUT2D eigenvalue weighted by Crippen LogP contribution is -2.57. The average Bonchev–Trinajstić information content (AvgIpc) is 3.43. The number of unbranched alkanes of at least 4 members (excludes halogenated alkanes) is 1. The van der Waals surface area contributed by atoms with Gasteiger partial charge in [-0.05, 0) is 76.1 Å². The number of carbonyl (C=O) groups is 4. The van der Waals surface area contributed by atoms with Crippen molar-refractivity contribution in [1.82, 2.24) is 15.5 Å². The van der Waals surface area contributed by atoms with E-state index < -0.39 is 47.5 Å². The van der Waals surface area contributed by atoms with Crippen LogP contribution in [0.5, 0.6) is 0 Å². The van der Waals surface area contributed by atoms with Gasteiger partial charge in [0.25, 0.3) is 0 Å². The van der Waals surface area contributed by atoms with Crippen LogP contribution in [0, 0.1) is 0 Å². The normalized spacial score (nSPS) is 17.9. The van der Waals surface area contributed by atoms with Gasteiger partial charge in [-0.3, -0.25) is 9.69 Å². The quantitative estimate of drug-likeness (QED) is 0.337. The second kappa shape index (κ2) is 13.0. The number of fused-ring (bicyclic) bond motifs is 3. The lowest BCUT2D eigenvalue weighted by molar-refractivity contribution is -0.156. The van der Waals surface area contributed by atoms with Gasteiger partial charge >= 0.3 is 18.2 Å². The molecule has 0 saturated carbocycles. The SMILES string of the molecule is CC(C)(C)OC(=O)NCCCC[C@H](NC(=O)OCC1c2ccccc2-c2ccccc21)C(=O)N1[C@H](C(=O)O)COC1(C)C. The molecule has 4 rings (SSSR count). The zero-order valence-corrected chi connectivity index (χ0v) is 25.3. The fourth-order valence-electron chi connectivity index (χ4n) is 5.59. The zero-order chi connectivity index (χ0) is 31.4. The van der Waals surface area contributed by atoms with Crippen molar-refractivity contribution in [2.24, 2.45) is 0 Å². The maximum absolute atomic E-state index is 13.8. The van der Waals surface area contributed by atoms with Gasteiger partial charge in [-0.1, -0.05) is 48.5 Å². The molecule has 0 bridgehead atoms. The van der Waals surface area contributed by atoms with E-state index in [0.29, 0.717) is 19.4 Å². The van der Waals surface area contributed by atoms with Crippen LogP contribution < -0.4 is 10.6 Å². The van der Waals surface area contributed by atoms with Gasteiger partial charge in [0.2, 0.25) is 5.91 Å². The molecule has 43 heavy (non-hydrogen) atoms. The first-order valence-electron chi connectivity index (χ1n) is 14.6. The Hall–Kier alpha value is -4.12. The van der Waals surface area contributed by atoms with Crippen LogP contribution in [0.4, 0.5) is 9.59 Å². The molecular formula is C32H41N3O8. The highest BCUT2D eigenvalue weighted by molar-refractivity contribution is 5.90. The molecule has 1 saturated heterocycles. The predicted molar refractivity (Wildman–Crippen MR) is 158 cm³/mol. The molecule has 0 radical (unpaired) electrons. The first-order valence-corrected chi connectivity index (χ1v) is 14.6. The minimum Gasteiger partial charge on any atom is -0.480 e. The number of carboxylic acid groups (broad SMARTS) is 1.